The predicted molar refractivity (Wildman–Crippen MR) is 98.2 cm³/mol. The van der Waals surface area contributed by atoms with Gasteiger partial charge in [0.2, 0.25) is 5.91 Å². The summed E-state index contributed by atoms with van der Waals surface area (Å²) in [6.45, 7) is 0.138. The number of nitrogens with two attached hydrogens (primary N) is 1. The third kappa shape index (κ3) is 4.78. The molecule has 2 aromatic heterocycles. The number of rotatable bonds is 6. The highest BCUT2D eigenvalue weighted by Gasteiger charge is 2.12. The lowest BCUT2D eigenvalue weighted by Crippen LogP contribution is -2.31. The monoisotopic (exact) mass is 367 g/mol. The number of urea groups is 1. The van der Waals surface area contributed by atoms with Crippen LogP contribution in [0.4, 0.5) is 16.2 Å². The maximum absolute atomic E-state index is 12.4. The van der Waals surface area contributed by atoms with Crippen molar-refractivity contribution in [2.75, 3.05) is 17.2 Å². The van der Waals surface area contributed by atoms with Crippen LogP contribution < -0.4 is 21.7 Å². The molecular formula is C17H17N7O3. The van der Waals surface area contributed by atoms with E-state index in [1.165, 1.54) is 4.52 Å². The zero-order valence-electron chi connectivity index (χ0n) is 14.2. The number of fused-ring (bicyclic) bond motifs is 1. The summed E-state index contributed by atoms with van der Waals surface area (Å²) in [4.78, 5) is 38.9. The molecule has 0 atom stereocenters. The largest absolute Gasteiger partial charge is 0.370 e. The van der Waals surface area contributed by atoms with Crippen LogP contribution in [-0.2, 0) is 4.79 Å². The minimum Gasteiger partial charge on any atom is -0.370 e. The van der Waals surface area contributed by atoms with Crippen molar-refractivity contribution >= 4 is 34.9 Å². The summed E-state index contributed by atoms with van der Waals surface area (Å²) in [5.41, 5.74) is 6.75. The second kappa shape index (κ2) is 7.95. The standard InChI is InChI=1S/C17H17N7O3/c18-14(25)5-7-20-17(27)22-12-4-1-3-11(9-12)21-16(26)13-10-15-19-6-2-8-24(15)23-13/h1-4,6,8-10H,5,7H2,(H2,18,25)(H,21,26)(H2,20,22,27). The van der Waals surface area contributed by atoms with Gasteiger partial charge in [-0.15, -0.1) is 0 Å². The molecule has 0 bridgehead atoms. The molecule has 0 aliphatic rings. The molecule has 0 unspecified atom stereocenters. The molecule has 2 heterocycles. The number of benzene rings is 1. The maximum atomic E-state index is 12.4. The molecule has 0 aliphatic heterocycles. The SMILES string of the molecule is NC(=O)CCNC(=O)Nc1cccc(NC(=O)c2cc3ncccn3n2)c1. The number of hydrogen-bond acceptors (Lipinski definition) is 5. The van der Waals surface area contributed by atoms with E-state index in [0.717, 1.165) is 0 Å². The number of anilines is 2. The normalized spacial score (nSPS) is 10.4. The third-order valence-electron chi connectivity index (χ3n) is 3.50. The van der Waals surface area contributed by atoms with Crippen molar-refractivity contribution < 1.29 is 14.4 Å². The Hall–Kier alpha value is -3.95. The lowest BCUT2D eigenvalue weighted by Gasteiger charge is -2.09. The number of carbonyl (C=O) groups is 3. The van der Waals surface area contributed by atoms with Crippen LogP contribution in [0.15, 0.2) is 48.8 Å². The number of nitrogens with zero attached hydrogens (tertiary/aromatic N) is 3. The first-order valence-corrected chi connectivity index (χ1v) is 8.06. The van der Waals surface area contributed by atoms with Gasteiger partial charge in [-0.1, -0.05) is 6.07 Å². The van der Waals surface area contributed by atoms with E-state index in [9.17, 15) is 14.4 Å². The number of aromatic nitrogens is 3. The van der Waals surface area contributed by atoms with Crippen molar-refractivity contribution in [3.63, 3.8) is 0 Å². The quantitative estimate of drug-likeness (QED) is 0.513. The van der Waals surface area contributed by atoms with E-state index in [4.69, 9.17) is 5.73 Å². The Morgan fingerprint density at radius 3 is 2.59 bits per heavy atom. The fourth-order valence-electron chi connectivity index (χ4n) is 2.29. The van der Waals surface area contributed by atoms with Crippen LogP contribution in [0.3, 0.4) is 0 Å². The van der Waals surface area contributed by atoms with E-state index < -0.39 is 17.8 Å². The summed E-state index contributed by atoms with van der Waals surface area (Å²) in [5.74, 6) is -0.897. The minimum atomic E-state index is -0.498. The van der Waals surface area contributed by atoms with Gasteiger partial charge in [-0.05, 0) is 24.3 Å². The Bertz CT molecular complexity index is 966. The van der Waals surface area contributed by atoms with Crippen LogP contribution in [0.2, 0.25) is 0 Å². The third-order valence-corrected chi connectivity index (χ3v) is 3.50. The van der Waals surface area contributed by atoms with Crippen molar-refractivity contribution in [3.05, 3.63) is 54.5 Å². The summed E-state index contributed by atoms with van der Waals surface area (Å²) in [5, 5.41) is 12.0. The number of hydrogen-bond donors (Lipinski definition) is 4. The van der Waals surface area contributed by atoms with E-state index in [1.807, 2.05) is 0 Å². The first kappa shape index (κ1) is 17.9. The van der Waals surface area contributed by atoms with Gasteiger partial charge in [0.05, 0.1) is 0 Å². The Balaban J connectivity index is 1.62. The zero-order chi connectivity index (χ0) is 19.2. The fraction of sp³-hybridized carbons (Fsp3) is 0.118. The van der Waals surface area contributed by atoms with Gasteiger partial charge in [-0.3, -0.25) is 9.59 Å². The molecule has 4 amide bonds. The summed E-state index contributed by atoms with van der Waals surface area (Å²) >= 11 is 0. The van der Waals surface area contributed by atoms with Crippen molar-refractivity contribution in [1.82, 2.24) is 19.9 Å². The average molecular weight is 367 g/mol. The molecule has 0 spiro atoms. The van der Waals surface area contributed by atoms with Crippen molar-refractivity contribution in [1.29, 1.82) is 0 Å². The minimum absolute atomic E-state index is 0.0530. The van der Waals surface area contributed by atoms with Crippen molar-refractivity contribution in [2.24, 2.45) is 5.73 Å². The average Bonchev–Trinajstić information content (AvgIpc) is 3.06. The van der Waals surface area contributed by atoms with Crippen molar-refractivity contribution in [3.8, 4) is 0 Å². The molecule has 3 rings (SSSR count). The Labute approximate surface area is 153 Å². The topological polar surface area (TPSA) is 144 Å². The summed E-state index contributed by atoms with van der Waals surface area (Å²) in [6.07, 6.45) is 3.36. The Morgan fingerprint density at radius 1 is 1.07 bits per heavy atom. The first-order chi connectivity index (χ1) is 13.0. The van der Waals surface area contributed by atoms with E-state index in [2.05, 4.69) is 26.0 Å². The number of nitrogens with one attached hydrogen (secondary N) is 3. The molecule has 3 aromatic rings. The zero-order valence-corrected chi connectivity index (χ0v) is 14.2. The molecule has 27 heavy (non-hydrogen) atoms. The van der Waals surface area contributed by atoms with Crippen LogP contribution in [0.25, 0.3) is 5.65 Å². The van der Waals surface area contributed by atoms with Crippen LogP contribution >= 0.6 is 0 Å². The second-order valence-electron chi connectivity index (χ2n) is 5.58. The molecule has 0 saturated heterocycles. The van der Waals surface area contributed by atoms with E-state index in [0.29, 0.717) is 17.0 Å². The molecule has 10 nitrogen and oxygen atoms in total. The van der Waals surface area contributed by atoms with Crippen LogP contribution in [0, 0.1) is 0 Å². The number of amides is 4. The van der Waals surface area contributed by atoms with Gasteiger partial charge < -0.3 is 21.7 Å². The Kier molecular flexibility index (Phi) is 5.26. The number of primary amides is 1. The van der Waals surface area contributed by atoms with Gasteiger partial charge in [-0.25, -0.2) is 14.3 Å². The highest BCUT2D eigenvalue weighted by molar-refractivity contribution is 6.04. The first-order valence-electron chi connectivity index (χ1n) is 8.06. The molecule has 5 N–H and O–H groups in total. The van der Waals surface area contributed by atoms with E-state index in [-0.39, 0.29) is 18.7 Å². The van der Waals surface area contributed by atoms with Gasteiger partial charge in [-0.2, -0.15) is 5.10 Å². The highest BCUT2D eigenvalue weighted by atomic mass is 16.2. The van der Waals surface area contributed by atoms with Crippen LogP contribution in [0.1, 0.15) is 16.9 Å². The van der Waals surface area contributed by atoms with E-state index >= 15 is 0 Å². The molecule has 138 valence electrons. The highest BCUT2D eigenvalue weighted by Crippen LogP contribution is 2.16. The predicted octanol–water partition coefficient (Wildman–Crippen LogP) is 0.978. The second-order valence-corrected chi connectivity index (χ2v) is 5.58. The number of carbonyl (C=O) groups excluding carboxylic acids is 3. The molecule has 0 aliphatic carbocycles. The summed E-state index contributed by atoms with van der Waals surface area (Å²) in [7, 11) is 0. The molecule has 10 heteroatoms. The lowest BCUT2D eigenvalue weighted by molar-refractivity contribution is -0.117. The summed E-state index contributed by atoms with van der Waals surface area (Å²) < 4.78 is 1.50. The maximum Gasteiger partial charge on any atom is 0.319 e. The van der Waals surface area contributed by atoms with Gasteiger partial charge in [0.25, 0.3) is 5.91 Å². The molecule has 0 radical (unpaired) electrons. The lowest BCUT2D eigenvalue weighted by atomic mass is 10.2. The van der Waals surface area contributed by atoms with Crippen LogP contribution in [0.5, 0.6) is 0 Å². The molecular weight excluding hydrogens is 350 g/mol. The van der Waals surface area contributed by atoms with Gasteiger partial charge in [0, 0.05) is 42.8 Å². The van der Waals surface area contributed by atoms with Gasteiger partial charge >= 0.3 is 6.03 Å². The van der Waals surface area contributed by atoms with Gasteiger partial charge in [0.15, 0.2) is 11.3 Å². The van der Waals surface area contributed by atoms with E-state index in [1.54, 1.807) is 48.8 Å². The molecule has 1 aromatic carbocycles. The van der Waals surface area contributed by atoms with Gasteiger partial charge in [0.1, 0.15) is 0 Å². The van der Waals surface area contributed by atoms with Crippen LogP contribution in [-0.4, -0.2) is 39.0 Å². The summed E-state index contributed by atoms with van der Waals surface area (Å²) in [6, 6.07) is 9.43. The fourth-order valence-corrected chi connectivity index (χ4v) is 2.29. The molecule has 0 saturated carbocycles. The molecule has 0 fully saturated rings. The smallest absolute Gasteiger partial charge is 0.319 e. The Morgan fingerprint density at radius 2 is 1.85 bits per heavy atom. The van der Waals surface area contributed by atoms with Crippen molar-refractivity contribution in [2.45, 2.75) is 6.42 Å².